The van der Waals surface area contributed by atoms with E-state index in [4.69, 9.17) is 5.73 Å². The molecule has 0 heterocycles. The minimum absolute atomic E-state index is 0.0861. The average molecular weight is 273 g/mol. The van der Waals surface area contributed by atoms with Crippen LogP contribution in [0, 0.1) is 10.1 Å². The number of benzene rings is 2. The Bertz CT molecular complexity index is 685. The number of phenolic OH excluding ortho intramolecular Hbond substituents is 1. The number of nitro benzene ring substituents is 1. The SMILES string of the molecule is Nc1cccc(C(=O)Nc2ccc([N+](=O)[O-])cc2O)c1. The summed E-state index contributed by atoms with van der Waals surface area (Å²) >= 11 is 0. The average Bonchev–Trinajstić information content (AvgIpc) is 2.40. The Kier molecular flexibility index (Phi) is 3.52. The molecule has 1 amide bonds. The van der Waals surface area contributed by atoms with Gasteiger partial charge in [0.15, 0.2) is 0 Å². The Balaban J connectivity index is 2.22. The molecule has 7 heteroatoms. The second-order valence-electron chi connectivity index (χ2n) is 4.04. The largest absolute Gasteiger partial charge is 0.506 e. The van der Waals surface area contributed by atoms with Gasteiger partial charge >= 0.3 is 0 Å². The molecule has 0 saturated heterocycles. The number of carbonyl (C=O) groups is 1. The lowest BCUT2D eigenvalue weighted by atomic mass is 10.2. The van der Waals surface area contributed by atoms with Crippen LogP contribution < -0.4 is 11.1 Å². The van der Waals surface area contributed by atoms with Gasteiger partial charge < -0.3 is 16.2 Å². The van der Waals surface area contributed by atoms with Crippen molar-refractivity contribution in [3.63, 3.8) is 0 Å². The number of aromatic hydroxyl groups is 1. The van der Waals surface area contributed by atoms with Crippen molar-refractivity contribution in [1.82, 2.24) is 0 Å². The van der Waals surface area contributed by atoms with E-state index in [0.29, 0.717) is 11.3 Å². The molecule has 102 valence electrons. The van der Waals surface area contributed by atoms with Gasteiger partial charge in [-0.05, 0) is 24.3 Å². The molecule has 7 nitrogen and oxygen atoms in total. The molecule has 0 bridgehead atoms. The summed E-state index contributed by atoms with van der Waals surface area (Å²) in [5.74, 6) is -0.849. The highest BCUT2D eigenvalue weighted by molar-refractivity contribution is 6.05. The highest BCUT2D eigenvalue weighted by Crippen LogP contribution is 2.28. The van der Waals surface area contributed by atoms with Crippen molar-refractivity contribution in [2.45, 2.75) is 0 Å². The van der Waals surface area contributed by atoms with Gasteiger partial charge in [-0.15, -0.1) is 0 Å². The van der Waals surface area contributed by atoms with Gasteiger partial charge in [-0.25, -0.2) is 0 Å². The van der Waals surface area contributed by atoms with E-state index in [9.17, 15) is 20.0 Å². The van der Waals surface area contributed by atoms with Crippen LogP contribution in [0.15, 0.2) is 42.5 Å². The van der Waals surface area contributed by atoms with Crippen LogP contribution in [0.5, 0.6) is 5.75 Å². The quantitative estimate of drug-likeness (QED) is 0.342. The maximum Gasteiger partial charge on any atom is 0.273 e. The lowest BCUT2D eigenvalue weighted by molar-refractivity contribution is -0.384. The molecule has 0 saturated carbocycles. The highest BCUT2D eigenvalue weighted by Gasteiger charge is 2.13. The van der Waals surface area contributed by atoms with Crippen molar-refractivity contribution in [1.29, 1.82) is 0 Å². The van der Waals surface area contributed by atoms with E-state index in [-0.39, 0.29) is 17.1 Å². The number of carbonyl (C=O) groups excluding carboxylic acids is 1. The van der Waals surface area contributed by atoms with Crippen LogP contribution in [-0.2, 0) is 0 Å². The van der Waals surface area contributed by atoms with Crippen LogP contribution in [-0.4, -0.2) is 15.9 Å². The number of rotatable bonds is 3. The lowest BCUT2D eigenvalue weighted by Crippen LogP contribution is -2.12. The first kappa shape index (κ1) is 13.3. The van der Waals surface area contributed by atoms with E-state index in [1.165, 1.54) is 18.2 Å². The van der Waals surface area contributed by atoms with E-state index in [1.807, 2.05) is 0 Å². The van der Waals surface area contributed by atoms with Crippen LogP contribution in [0.2, 0.25) is 0 Å². The molecule has 0 unspecified atom stereocenters. The van der Waals surface area contributed by atoms with Gasteiger partial charge in [0.1, 0.15) is 5.75 Å². The third-order valence-corrected chi connectivity index (χ3v) is 2.59. The minimum Gasteiger partial charge on any atom is -0.506 e. The van der Waals surface area contributed by atoms with Crippen LogP contribution >= 0.6 is 0 Å². The Hall–Kier alpha value is -3.09. The van der Waals surface area contributed by atoms with Gasteiger partial charge in [0.05, 0.1) is 16.7 Å². The zero-order chi connectivity index (χ0) is 14.7. The smallest absolute Gasteiger partial charge is 0.273 e. The van der Waals surface area contributed by atoms with Gasteiger partial charge in [-0.1, -0.05) is 6.07 Å². The number of anilines is 2. The van der Waals surface area contributed by atoms with Crippen LogP contribution in [0.25, 0.3) is 0 Å². The molecule has 0 aliphatic heterocycles. The number of nitro groups is 1. The zero-order valence-corrected chi connectivity index (χ0v) is 10.2. The van der Waals surface area contributed by atoms with Crippen molar-refractivity contribution in [2.75, 3.05) is 11.1 Å². The summed E-state index contributed by atoms with van der Waals surface area (Å²) in [5, 5.41) is 22.6. The third-order valence-electron chi connectivity index (χ3n) is 2.59. The van der Waals surface area contributed by atoms with Gasteiger partial charge in [-0.2, -0.15) is 0 Å². The van der Waals surface area contributed by atoms with E-state index in [0.717, 1.165) is 6.07 Å². The normalized spacial score (nSPS) is 10.0. The summed E-state index contributed by atoms with van der Waals surface area (Å²) in [6, 6.07) is 9.73. The Morgan fingerprint density at radius 1 is 1.25 bits per heavy atom. The highest BCUT2D eigenvalue weighted by atomic mass is 16.6. The minimum atomic E-state index is -0.636. The van der Waals surface area contributed by atoms with Crippen molar-refractivity contribution in [3.05, 3.63) is 58.1 Å². The second kappa shape index (κ2) is 5.27. The summed E-state index contributed by atoms with van der Waals surface area (Å²) < 4.78 is 0. The summed E-state index contributed by atoms with van der Waals surface area (Å²) in [7, 11) is 0. The number of nitrogens with zero attached hydrogens (tertiary/aromatic N) is 1. The summed E-state index contributed by atoms with van der Waals surface area (Å²) in [4.78, 5) is 21.8. The van der Waals surface area contributed by atoms with Gasteiger partial charge in [0, 0.05) is 17.3 Å². The fraction of sp³-hybridized carbons (Fsp3) is 0. The Morgan fingerprint density at radius 3 is 2.60 bits per heavy atom. The first-order valence-electron chi connectivity index (χ1n) is 5.61. The maximum atomic E-state index is 11.9. The van der Waals surface area contributed by atoms with E-state index in [1.54, 1.807) is 18.2 Å². The zero-order valence-electron chi connectivity index (χ0n) is 10.2. The number of nitrogens with two attached hydrogens (primary N) is 1. The third kappa shape index (κ3) is 2.83. The Morgan fingerprint density at radius 2 is 2.00 bits per heavy atom. The standard InChI is InChI=1S/C13H11N3O4/c14-9-3-1-2-8(6-9)13(18)15-11-5-4-10(16(19)20)7-12(11)17/h1-7,17H,14H2,(H,15,18). The molecule has 2 aromatic carbocycles. The van der Waals surface area contributed by atoms with Crippen molar-refractivity contribution < 1.29 is 14.8 Å². The molecular formula is C13H11N3O4. The molecular weight excluding hydrogens is 262 g/mol. The summed E-state index contributed by atoms with van der Waals surface area (Å²) in [6.45, 7) is 0. The molecule has 0 spiro atoms. The predicted octanol–water partition coefficient (Wildman–Crippen LogP) is 2.13. The number of nitrogens with one attached hydrogen (secondary N) is 1. The number of hydrogen-bond acceptors (Lipinski definition) is 5. The number of hydrogen-bond donors (Lipinski definition) is 3. The fourth-order valence-corrected chi connectivity index (χ4v) is 1.61. The maximum absolute atomic E-state index is 11.9. The molecule has 4 N–H and O–H groups in total. The second-order valence-corrected chi connectivity index (χ2v) is 4.04. The predicted molar refractivity (Wildman–Crippen MR) is 73.6 cm³/mol. The van der Waals surface area contributed by atoms with Crippen molar-refractivity contribution >= 4 is 23.0 Å². The molecule has 0 fully saturated rings. The molecule has 0 atom stereocenters. The molecule has 2 aromatic rings. The molecule has 0 aliphatic rings. The number of nitrogen functional groups attached to an aromatic ring is 1. The first-order valence-corrected chi connectivity index (χ1v) is 5.61. The Labute approximate surface area is 113 Å². The summed E-state index contributed by atoms with van der Waals surface area (Å²) in [5.41, 5.74) is 6.15. The van der Waals surface area contributed by atoms with E-state index >= 15 is 0 Å². The summed E-state index contributed by atoms with van der Waals surface area (Å²) in [6.07, 6.45) is 0. The van der Waals surface area contributed by atoms with Gasteiger partial charge in [-0.3, -0.25) is 14.9 Å². The fourth-order valence-electron chi connectivity index (χ4n) is 1.61. The molecule has 0 aromatic heterocycles. The van der Waals surface area contributed by atoms with Gasteiger partial charge in [0.25, 0.3) is 11.6 Å². The molecule has 0 radical (unpaired) electrons. The monoisotopic (exact) mass is 273 g/mol. The number of amides is 1. The number of non-ortho nitro benzene ring substituents is 1. The molecule has 20 heavy (non-hydrogen) atoms. The van der Waals surface area contributed by atoms with Crippen LogP contribution in [0.3, 0.4) is 0 Å². The molecule has 2 rings (SSSR count). The van der Waals surface area contributed by atoms with Crippen molar-refractivity contribution in [3.8, 4) is 5.75 Å². The van der Waals surface area contributed by atoms with Gasteiger partial charge in [0.2, 0.25) is 0 Å². The first-order chi connectivity index (χ1) is 9.47. The van der Waals surface area contributed by atoms with Crippen molar-refractivity contribution in [2.24, 2.45) is 0 Å². The molecule has 0 aliphatic carbocycles. The van der Waals surface area contributed by atoms with E-state index in [2.05, 4.69) is 5.32 Å². The topological polar surface area (TPSA) is 118 Å². The van der Waals surface area contributed by atoms with E-state index < -0.39 is 10.8 Å². The number of phenols is 1. The lowest BCUT2D eigenvalue weighted by Gasteiger charge is -2.07. The van der Waals surface area contributed by atoms with Crippen LogP contribution in [0.4, 0.5) is 17.1 Å². The van der Waals surface area contributed by atoms with Crippen LogP contribution in [0.1, 0.15) is 10.4 Å².